The Bertz CT molecular complexity index is 2160. The Labute approximate surface area is 415 Å². The molecule has 0 saturated heterocycles. The molecule has 0 unspecified atom stereocenters. The number of aromatic hydroxyl groups is 4. The number of hydrogen-bond donors (Lipinski definition) is 4. The molecule has 0 spiro atoms. The largest absolute Gasteiger partial charge is 0.507 e. The van der Waals surface area contributed by atoms with Crippen molar-refractivity contribution in [2.45, 2.75) is 209 Å². The lowest BCUT2D eigenvalue weighted by molar-refractivity contribution is 0.362. The summed E-state index contributed by atoms with van der Waals surface area (Å²) in [6.45, 7) is 46.8. The van der Waals surface area contributed by atoms with Crippen LogP contribution in [-0.2, 0) is 52.5 Å². The lowest BCUT2D eigenvalue weighted by Crippen LogP contribution is -2.20. The highest BCUT2D eigenvalue weighted by Crippen LogP contribution is 2.65. The predicted octanol–water partition coefficient (Wildman–Crippen LogP) is 16.8. The molecule has 4 rings (SSSR count). The fraction of sp³-hybridized carbons (Fsp3) is 0.579. The molecule has 4 aromatic carbocycles. The van der Waals surface area contributed by atoms with Crippen molar-refractivity contribution in [2.75, 3.05) is 5.90 Å². The summed E-state index contributed by atoms with van der Waals surface area (Å²) in [7, 11) is -9.70. The first-order chi connectivity index (χ1) is 30.6. The summed E-state index contributed by atoms with van der Waals surface area (Å²) in [5, 5.41) is 46.9. The van der Waals surface area contributed by atoms with Crippen LogP contribution in [0.25, 0.3) is 0 Å². The lowest BCUT2D eigenvalue weighted by atomic mass is 9.79. The van der Waals surface area contributed by atoms with Gasteiger partial charge in [0.2, 0.25) is 0 Å². The quantitative estimate of drug-likeness (QED) is 0.113. The van der Waals surface area contributed by atoms with Crippen LogP contribution in [-0.4, -0.2) is 26.3 Å². The molecular weight excluding hydrogens is 907 g/mol. The first-order valence-corrected chi connectivity index (χ1v) is 27.5. The van der Waals surface area contributed by atoms with Crippen LogP contribution < -0.4 is 18.1 Å². The minimum Gasteiger partial charge on any atom is -0.507 e. The van der Waals surface area contributed by atoms with Gasteiger partial charge in [0, 0.05) is 44.5 Å². The Morgan fingerprint density at radius 2 is 0.406 bits per heavy atom. The molecule has 0 aliphatic heterocycles. The minimum absolute atomic E-state index is 0.0758. The minimum atomic E-state index is -4.85. The number of phenols is 4. The molecule has 384 valence electrons. The van der Waals surface area contributed by atoms with E-state index >= 15 is 9.13 Å². The maximum Gasteiger partial charge on any atom is 0.445 e. The third kappa shape index (κ3) is 13.6. The summed E-state index contributed by atoms with van der Waals surface area (Å²) in [5.41, 5.74) is -0.537. The molecule has 0 amide bonds. The van der Waals surface area contributed by atoms with Gasteiger partial charge in [-0.15, -0.1) is 0 Å². The third-order valence-electron chi connectivity index (χ3n) is 12.1. The zero-order chi connectivity index (χ0) is 53.4. The lowest BCUT2D eigenvalue weighted by Gasteiger charge is -2.32. The number of benzene rings is 4. The molecular formula is C57H86O10P2. The van der Waals surface area contributed by atoms with Gasteiger partial charge in [0.05, 0.1) is 0 Å². The molecule has 0 saturated carbocycles. The van der Waals surface area contributed by atoms with Crippen LogP contribution in [0.2, 0.25) is 0 Å². The fourth-order valence-corrected chi connectivity index (χ4v) is 12.6. The maximum atomic E-state index is 16.4. The van der Waals surface area contributed by atoms with Crippen molar-refractivity contribution in [1.82, 2.24) is 0 Å². The molecule has 0 aromatic heterocycles. The van der Waals surface area contributed by atoms with Crippen molar-refractivity contribution in [3.05, 3.63) is 93.0 Å². The molecule has 0 fully saturated rings. The molecule has 12 heteroatoms. The predicted molar refractivity (Wildman–Crippen MR) is 285 cm³/mol. The molecule has 4 N–H and O–H groups in total. The van der Waals surface area contributed by atoms with Gasteiger partial charge >= 0.3 is 15.2 Å². The molecule has 10 nitrogen and oxygen atoms in total. The Morgan fingerprint density at radius 3 is 0.507 bits per heavy atom. The first kappa shape index (κ1) is 57.3. The van der Waals surface area contributed by atoms with E-state index in [9.17, 15) is 20.4 Å². The van der Waals surface area contributed by atoms with Gasteiger partial charge in [0.1, 0.15) is 46.0 Å². The molecule has 0 atom stereocenters. The number of phenolic OH excluding ortho intramolecular Hbond substituents is 4. The molecule has 0 bridgehead atoms. The Balaban J connectivity index is 2.20. The van der Waals surface area contributed by atoms with E-state index < -0.39 is 64.4 Å². The smallest absolute Gasteiger partial charge is 0.445 e. The zero-order valence-corrected chi connectivity index (χ0v) is 48.2. The van der Waals surface area contributed by atoms with E-state index in [-0.39, 0.29) is 46.0 Å². The molecule has 4 aromatic rings. The van der Waals surface area contributed by atoms with Crippen molar-refractivity contribution in [3.8, 4) is 46.0 Å². The van der Waals surface area contributed by atoms with Gasteiger partial charge in [-0.3, -0.25) is 0 Å². The summed E-state index contributed by atoms with van der Waals surface area (Å²) in [6, 6.07) is 13.0. The van der Waals surface area contributed by atoms with E-state index in [0.29, 0.717) is 44.5 Å². The van der Waals surface area contributed by atoms with Crippen molar-refractivity contribution in [1.29, 1.82) is 0 Å². The number of rotatable bonds is 10. The van der Waals surface area contributed by atoms with Gasteiger partial charge in [-0.2, -0.15) is 0 Å². The topological polar surface area (TPSA) is 152 Å². The van der Waals surface area contributed by atoms with Gasteiger partial charge in [-0.05, 0) is 91.9 Å². The first-order valence-electron chi connectivity index (χ1n) is 24.1. The van der Waals surface area contributed by atoms with Gasteiger partial charge in [-0.25, -0.2) is 9.13 Å². The van der Waals surface area contributed by atoms with E-state index in [1.807, 2.05) is 166 Å². The van der Waals surface area contributed by atoms with Gasteiger partial charge in [-0.1, -0.05) is 166 Å². The fourth-order valence-electron chi connectivity index (χ4n) is 8.22. The van der Waals surface area contributed by atoms with Crippen molar-refractivity contribution in [3.63, 3.8) is 0 Å². The SMILES string of the molecule is CC(C)(C)c1cc(OP(=O)(CP(=O)(Oc2cc(C(C)(C)C)c(O)c(C(C)(C)C)c2)Oc2cc(C(C)(C)C)c(O)c(C(C)(C)C)c2)Oc2cc(C(C)(C)C)c(O)c(C(C)(C)C)c2)cc(C(C)(C)C)c1O. The highest BCUT2D eigenvalue weighted by molar-refractivity contribution is 7.72. The second-order valence-corrected chi connectivity index (χ2v) is 31.5. The highest BCUT2D eigenvalue weighted by atomic mass is 31.2. The second kappa shape index (κ2) is 18.4. The third-order valence-corrected chi connectivity index (χ3v) is 16.8. The number of hydrogen-bond acceptors (Lipinski definition) is 10. The van der Waals surface area contributed by atoms with Crippen molar-refractivity contribution < 1.29 is 47.7 Å². The van der Waals surface area contributed by atoms with E-state index in [2.05, 4.69) is 0 Å². The van der Waals surface area contributed by atoms with Gasteiger partial charge in [0.15, 0.2) is 5.90 Å². The summed E-state index contributed by atoms with van der Waals surface area (Å²) in [4.78, 5) is 0. The Morgan fingerprint density at radius 1 is 0.290 bits per heavy atom. The van der Waals surface area contributed by atoms with Crippen molar-refractivity contribution in [2.24, 2.45) is 0 Å². The van der Waals surface area contributed by atoms with Gasteiger partial charge in [0.25, 0.3) is 0 Å². The highest BCUT2D eigenvalue weighted by Gasteiger charge is 2.46. The summed E-state index contributed by atoms with van der Waals surface area (Å²) < 4.78 is 59.5. The molecule has 0 radical (unpaired) electrons. The van der Waals surface area contributed by atoms with Crippen molar-refractivity contribution >= 4 is 15.2 Å². The monoisotopic (exact) mass is 993 g/mol. The van der Waals surface area contributed by atoms with Crippen LogP contribution in [0.5, 0.6) is 46.0 Å². The van der Waals surface area contributed by atoms with E-state index in [1.165, 1.54) is 0 Å². The summed E-state index contributed by atoms with van der Waals surface area (Å²) >= 11 is 0. The molecule has 69 heavy (non-hydrogen) atoms. The van der Waals surface area contributed by atoms with Crippen LogP contribution >= 0.6 is 15.2 Å². The van der Waals surface area contributed by atoms with Gasteiger partial charge < -0.3 is 38.5 Å². The van der Waals surface area contributed by atoms with E-state index in [1.54, 1.807) is 48.5 Å². The molecule has 0 aliphatic rings. The van der Waals surface area contributed by atoms with Crippen LogP contribution in [0.1, 0.15) is 211 Å². The average Bonchev–Trinajstić information content (AvgIpc) is 3.10. The van der Waals surface area contributed by atoms with Crippen LogP contribution in [0.3, 0.4) is 0 Å². The molecule has 0 heterocycles. The average molecular weight is 993 g/mol. The normalized spacial score (nSPS) is 13.9. The maximum absolute atomic E-state index is 16.4. The second-order valence-electron chi connectivity index (χ2n) is 27.2. The standard InChI is InChI=1S/C57H86O10P2/c1-50(2,3)38-25-34(26-39(46(38)58)51(4,5)6)64-68(62,65-35-27-40(52(7,8)9)47(59)41(28-35)53(10,11)12)33-69(63,66-36-29-42(54(13,14)15)48(60)43(30-36)55(16,17)18)67-37-31-44(56(19,20)21)49(61)45(32-37)57(22,23)24/h25-32,58-61H,33H2,1-24H3. The van der Waals surface area contributed by atoms with Crippen LogP contribution in [0, 0.1) is 0 Å². The van der Waals surface area contributed by atoms with E-state index in [0.717, 1.165) is 0 Å². The summed E-state index contributed by atoms with van der Waals surface area (Å²) in [6.07, 6.45) is 0. The Kier molecular flexibility index (Phi) is 15.3. The van der Waals surface area contributed by atoms with Crippen LogP contribution in [0.4, 0.5) is 0 Å². The van der Waals surface area contributed by atoms with Crippen LogP contribution in [0.15, 0.2) is 48.5 Å². The zero-order valence-electron chi connectivity index (χ0n) is 46.5. The van der Waals surface area contributed by atoms with E-state index in [4.69, 9.17) is 18.1 Å². The molecule has 0 aliphatic carbocycles. The Hall–Kier alpha value is -4.26. The summed E-state index contributed by atoms with van der Waals surface area (Å²) in [5.74, 6) is -0.279.